The fourth-order valence-corrected chi connectivity index (χ4v) is 6.26. The standard InChI is InChI=1S/C36H31Cl2F3N4O3/c1-2-48-30-16-11-26(36(39,40)41)19-29(30)34-43-32(23-7-12-27(37)13-8-23)33(24-9-14-28(38)15-10-24)45(34)35(47)25-5-3-22(4-6-25)20-44-18-17-42-31(46)21-44/h3-16,19,32-33H,2,17-18,20-21H2,1H3,(H,42,46). The fraction of sp³-hybridized carbons (Fsp3) is 0.250. The van der Waals surface area contributed by atoms with Crippen molar-refractivity contribution in [3.63, 3.8) is 0 Å². The molecular formula is C36H31Cl2F3N4O3. The molecule has 7 nitrogen and oxygen atoms in total. The lowest BCUT2D eigenvalue weighted by atomic mass is 9.93. The third kappa shape index (κ3) is 7.21. The quantitative estimate of drug-likeness (QED) is 0.205. The van der Waals surface area contributed by atoms with Gasteiger partial charge in [-0.3, -0.25) is 24.4 Å². The summed E-state index contributed by atoms with van der Waals surface area (Å²) < 4.78 is 48.0. The number of ether oxygens (including phenoxy) is 1. The SMILES string of the molecule is CCOc1ccc(C(F)(F)F)cc1C1=NC(c2ccc(Cl)cc2)C(c2ccc(Cl)cc2)N1C(=O)c1ccc(CN2CCNC(=O)C2)cc1. The minimum atomic E-state index is -4.65. The maximum Gasteiger partial charge on any atom is 0.416 e. The number of piperazine rings is 1. The number of rotatable bonds is 8. The molecule has 1 saturated heterocycles. The van der Waals surface area contributed by atoms with Crippen molar-refractivity contribution in [3.8, 4) is 5.75 Å². The summed E-state index contributed by atoms with van der Waals surface area (Å²) in [5, 5.41) is 3.79. The van der Waals surface area contributed by atoms with Gasteiger partial charge >= 0.3 is 6.18 Å². The summed E-state index contributed by atoms with van der Waals surface area (Å²) in [5.41, 5.74) is 1.74. The van der Waals surface area contributed by atoms with Crippen LogP contribution in [-0.2, 0) is 17.5 Å². The third-order valence-corrected chi connectivity index (χ3v) is 8.78. The second-order valence-electron chi connectivity index (χ2n) is 11.5. The van der Waals surface area contributed by atoms with E-state index in [0.29, 0.717) is 46.4 Å². The molecule has 0 spiro atoms. The second kappa shape index (κ2) is 14.0. The van der Waals surface area contributed by atoms with Gasteiger partial charge in [0.25, 0.3) is 5.91 Å². The van der Waals surface area contributed by atoms with Crippen LogP contribution >= 0.6 is 23.2 Å². The molecule has 2 atom stereocenters. The molecule has 0 radical (unpaired) electrons. The molecule has 2 amide bonds. The molecule has 0 aliphatic carbocycles. The lowest BCUT2D eigenvalue weighted by Crippen LogP contribution is -2.47. The van der Waals surface area contributed by atoms with Gasteiger partial charge in [0, 0.05) is 35.2 Å². The Morgan fingerprint density at radius 3 is 2.19 bits per heavy atom. The van der Waals surface area contributed by atoms with E-state index in [-0.39, 0.29) is 36.2 Å². The van der Waals surface area contributed by atoms with Gasteiger partial charge in [-0.15, -0.1) is 0 Å². The highest BCUT2D eigenvalue weighted by Crippen LogP contribution is 2.46. The number of alkyl halides is 3. The van der Waals surface area contributed by atoms with Crippen molar-refractivity contribution in [1.29, 1.82) is 0 Å². The van der Waals surface area contributed by atoms with Crippen LogP contribution in [0.3, 0.4) is 0 Å². The van der Waals surface area contributed by atoms with Crippen molar-refractivity contribution in [2.45, 2.75) is 31.7 Å². The number of aliphatic imine (C=N–C) groups is 1. The molecule has 6 rings (SSSR count). The molecule has 0 aromatic heterocycles. The van der Waals surface area contributed by atoms with Crippen LogP contribution in [0.1, 0.15) is 57.2 Å². The molecular weight excluding hydrogens is 664 g/mol. The summed E-state index contributed by atoms with van der Waals surface area (Å²) in [6.45, 7) is 3.97. The molecule has 0 bridgehead atoms. The molecule has 4 aromatic rings. The van der Waals surface area contributed by atoms with Gasteiger partial charge in [0.15, 0.2) is 0 Å². The van der Waals surface area contributed by atoms with Crippen molar-refractivity contribution >= 4 is 40.9 Å². The normalized spacial score (nSPS) is 18.4. The Hall–Kier alpha value is -4.38. The first kappa shape index (κ1) is 33.5. The van der Waals surface area contributed by atoms with Crippen molar-refractivity contribution in [1.82, 2.24) is 15.1 Å². The van der Waals surface area contributed by atoms with Gasteiger partial charge in [0.2, 0.25) is 5.91 Å². The van der Waals surface area contributed by atoms with E-state index in [9.17, 15) is 22.8 Å². The number of nitrogens with zero attached hydrogens (tertiary/aromatic N) is 3. The maximum atomic E-state index is 14.7. The highest BCUT2D eigenvalue weighted by molar-refractivity contribution is 6.30. The van der Waals surface area contributed by atoms with E-state index in [1.165, 1.54) is 11.0 Å². The van der Waals surface area contributed by atoms with Crippen molar-refractivity contribution in [3.05, 3.63) is 134 Å². The molecule has 12 heteroatoms. The van der Waals surface area contributed by atoms with Crippen LogP contribution in [0.25, 0.3) is 0 Å². The first-order valence-corrected chi connectivity index (χ1v) is 16.1. The van der Waals surface area contributed by atoms with Gasteiger partial charge in [-0.2, -0.15) is 13.2 Å². The predicted molar refractivity (Wildman–Crippen MR) is 178 cm³/mol. The Bertz CT molecular complexity index is 1830. The Labute approximate surface area is 285 Å². The van der Waals surface area contributed by atoms with Crippen LogP contribution in [0.5, 0.6) is 5.75 Å². The van der Waals surface area contributed by atoms with Crippen molar-refractivity contribution in [2.75, 3.05) is 26.2 Å². The van der Waals surface area contributed by atoms with Gasteiger partial charge in [-0.05, 0) is 78.2 Å². The summed E-state index contributed by atoms with van der Waals surface area (Å²) in [4.78, 5) is 35.0. The average molecular weight is 696 g/mol. The predicted octanol–water partition coefficient (Wildman–Crippen LogP) is 7.73. The first-order chi connectivity index (χ1) is 23.0. The minimum Gasteiger partial charge on any atom is -0.493 e. The molecule has 248 valence electrons. The number of benzene rings is 4. The molecule has 2 aliphatic rings. The summed E-state index contributed by atoms with van der Waals surface area (Å²) in [5.74, 6) is -0.306. The summed E-state index contributed by atoms with van der Waals surface area (Å²) in [7, 11) is 0. The molecule has 0 saturated carbocycles. The highest BCUT2D eigenvalue weighted by Gasteiger charge is 2.44. The van der Waals surface area contributed by atoms with Gasteiger partial charge in [-0.1, -0.05) is 59.6 Å². The van der Waals surface area contributed by atoms with E-state index in [1.54, 1.807) is 67.6 Å². The number of carbonyl (C=O) groups is 2. The van der Waals surface area contributed by atoms with E-state index in [0.717, 1.165) is 17.7 Å². The van der Waals surface area contributed by atoms with Crippen LogP contribution in [0.2, 0.25) is 10.0 Å². The number of hydrogen-bond acceptors (Lipinski definition) is 5. The Morgan fingerprint density at radius 1 is 0.938 bits per heavy atom. The summed E-state index contributed by atoms with van der Waals surface area (Å²) in [6.07, 6.45) is -4.65. The first-order valence-electron chi connectivity index (χ1n) is 15.4. The van der Waals surface area contributed by atoms with Gasteiger partial charge < -0.3 is 10.1 Å². The summed E-state index contributed by atoms with van der Waals surface area (Å²) >= 11 is 12.5. The molecule has 4 aromatic carbocycles. The van der Waals surface area contributed by atoms with Gasteiger partial charge in [0.05, 0.1) is 30.3 Å². The van der Waals surface area contributed by atoms with Gasteiger partial charge in [-0.25, -0.2) is 0 Å². The number of hydrogen-bond donors (Lipinski definition) is 1. The van der Waals surface area contributed by atoms with Crippen LogP contribution < -0.4 is 10.1 Å². The number of amides is 2. The zero-order valence-corrected chi connectivity index (χ0v) is 27.3. The van der Waals surface area contributed by atoms with Crippen LogP contribution in [0.4, 0.5) is 13.2 Å². The molecule has 2 heterocycles. The monoisotopic (exact) mass is 694 g/mol. The zero-order valence-electron chi connectivity index (χ0n) is 25.8. The molecule has 2 aliphatic heterocycles. The van der Waals surface area contributed by atoms with Crippen LogP contribution in [0.15, 0.2) is 96.0 Å². The minimum absolute atomic E-state index is 0.0375. The van der Waals surface area contributed by atoms with Crippen LogP contribution in [0, 0.1) is 0 Å². The van der Waals surface area contributed by atoms with Crippen LogP contribution in [-0.4, -0.2) is 53.7 Å². The topological polar surface area (TPSA) is 74.2 Å². The van der Waals surface area contributed by atoms with E-state index in [1.807, 2.05) is 17.0 Å². The molecule has 2 unspecified atom stereocenters. The van der Waals surface area contributed by atoms with Gasteiger partial charge in [0.1, 0.15) is 17.6 Å². The summed E-state index contributed by atoms with van der Waals surface area (Å²) in [6, 6.07) is 22.7. The lowest BCUT2D eigenvalue weighted by Gasteiger charge is -2.30. The van der Waals surface area contributed by atoms with E-state index < -0.39 is 29.7 Å². The molecule has 1 fully saturated rings. The molecule has 48 heavy (non-hydrogen) atoms. The Balaban J connectivity index is 1.48. The van der Waals surface area contributed by atoms with E-state index in [2.05, 4.69) is 5.32 Å². The number of nitrogens with one attached hydrogen (secondary N) is 1. The average Bonchev–Trinajstić information content (AvgIpc) is 3.46. The largest absolute Gasteiger partial charge is 0.493 e. The smallest absolute Gasteiger partial charge is 0.416 e. The number of halogens is 5. The van der Waals surface area contributed by atoms with Crippen molar-refractivity contribution < 1.29 is 27.5 Å². The fourth-order valence-electron chi connectivity index (χ4n) is 6.01. The van der Waals surface area contributed by atoms with E-state index >= 15 is 0 Å². The zero-order chi connectivity index (χ0) is 34.0. The number of amidine groups is 1. The van der Waals surface area contributed by atoms with E-state index in [4.69, 9.17) is 32.9 Å². The highest BCUT2D eigenvalue weighted by atomic mass is 35.5. The third-order valence-electron chi connectivity index (χ3n) is 8.28. The Morgan fingerprint density at radius 2 is 1.58 bits per heavy atom. The molecule has 1 N–H and O–H groups in total. The Kier molecular flexibility index (Phi) is 9.78. The lowest BCUT2D eigenvalue weighted by molar-refractivity contribution is -0.137. The van der Waals surface area contributed by atoms with Crippen molar-refractivity contribution in [2.24, 2.45) is 4.99 Å². The second-order valence-corrected chi connectivity index (χ2v) is 12.4. The maximum absolute atomic E-state index is 14.7. The number of carbonyl (C=O) groups excluding carboxylic acids is 2.